The highest BCUT2D eigenvalue weighted by Gasteiger charge is 2.43. The number of allylic oxidation sites excluding steroid dienone is 2. The Bertz CT molecular complexity index is 1160. The van der Waals surface area contributed by atoms with Crippen LogP contribution in [0.25, 0.3) is 0 Å². The topological polar surface area (TPSA) is 81.5 Å². The van der Waals surface area contributed by atoms with Gasteiger partial charge in [-0.15, -0.1) is 5.10 Å². The number of aryl methyl sites for hydroxylation is 1. The average molecular weight is 494 g/mol. The molecule has 0 saturated heterocycles. The molecule has 0 bridgehead atoms. The Morgan fingerprint density at radius 3 is 2.94 bits per heavy atom. The van der Waals surface area contributed by atoms with Crippen LogP contribution in [0.1, 0.15) is 24.4 Å². The SMILES string of the molecule is C=CCOC(=O)N1CCC2=C(NC3C=CC(Cl)=CC23)C1c1ccc(OCCCn2ccnn2)cc1. The number of nitrogens with one attached hydrogen (secondary N) is 1. The van der Waals surface area contributed by atoms with Crippen molar-refractivity contribution in [2.45, 2.75) is 31.5 Å². The molecule has 1 aliphatic carbocycles. The molecule has 8 nitrogen and oxygen atoms in total. The van der Waals surface area contributed by atoms with E-state index in [0.29, 0.717) is 13.2 Å². The van der Waals surface area contributed by atoms with E-state index in [2.05, 4.69) is 34.4 Å². The molecule has 0 saturated carbocycles. The zero-order chi connectivity index (χ0) is 24.2. The second-order valence-electron chi connectivity index (χ2n) is 8.69. The van der Waals surface area contributed by atoms with Crippen molar-refractivity contribution < 1.29 is 14.3 Å². The predicted molar refractivity (Wildman–Crippen MR) is 133 cm³/mol. The normalized spacial score (nSPS) is 22.7. The predicted octanol–water partition coefficient (Wildman–Crippen LogP) is 4.35. The lowest BCUT2D eigenvalue weighted by Crippen LogP contribution is -2.42. The maximum Gasteiger partial charge on any atom is 0.410 e. The van der Waals surface area contributed by atoms with E-state index in [-0.39, 0.29) is 30.7 Å². The van der Waals surface area contributed by atoms with Crippen LogP contribution in [0.15, 0.2) is 83.8 Å². The van der Waals surface area contributed by atoms with Crippen molar-refractivity contribution in [2.75, 3.05) is 19.8 Å². The van der Waals surface area contributed by atoms with Gasteiger partial charge in [-0.3, -0.25) is 9.58 Å². The number of rotatable bonds is 8. The number of nitrogens with zero attached hydrogens (tertiary/aromatic N) is 4. The molecule has 1 N–H and O–H groups in total. The van der Waals surface area contributed by atoms with Crippen LogP contribution in [0, 0.1) is 5.92 Å². The Morgan fingerprint density at radius 1 is 1.31 bits per heavy atom. The van der Waals surface area contributed by atoms with Gasteiger partial charge in [0.15, 0.2) is 0 Å². The van der Waals surface area contributed by atoms with E-state index in [4.69, 9.17) is 21.1 Å². The Balaban J connectivity index is 1.34. The summed E-state index contributed by atoms with van der Waals surface area (Å²) in [6, 6.07) is 7.80. The van der Waals surface area contributed by atoms with Crippen LogP contribution in [-0.4, -0.2) is 51.8 Å². The van der Waals surface area contributed by atoms with Crippen molar-refractivity contribution in [1.29, 1.82) is 0 Å². The molecule has 3 aliphatic rings. The molecule has 2 aromatic rings. The van der Waals surface area contributed by atoms with Crippen molar-refractivity contribution in [3.05, 3.63) is 89.4 Å². The van der Waals surface area contributed by atoms with Crippen LogP contribution in [0.5, 0.6) is 5.75 Å². The lowest BCUT2D eigenvalue weighted by Gasteiger charge is -2.37. The van der Waals surface area contributed by atoms with Crippen LogP contribution < -0.4 is 10.1 Å². The van der Waals surface area contributed by atoms with Gasteiger partial charge in [-0.05, 0) is 35.8 Å². The van der Waals surface area contributed by atoms with Gasteiger partial charge in [0.2, 0.25) is 0 Å². The van der Waals surface area contributed by atoms with Gasteiger partial charge in [0, 0.05) is 42.4 Å². The molecule has 1 aromatic carbocycles. The zero-order valence-electron chi connectivity index (χ0n) is 19.3. The molecule has 1 aromatic heterocycles. The Morgan fingerprint density at radius 2 is 2.17 bits per heavy atom. The maximum atomic E-state index is 13.0. The van der Waals surface area contributed by atoms with Gasteiger partial charge in [0.05, 0.1) is 18.8 Å². The first-order chi connectivity index (χ1) is 17.1. The number of benzene rings is 1. The number of carbonyl (C=O) groups is 1. The first kappa shape index (κ1) is 23.2. The summed E-state index contributed by atoms with van der Waals surface area (Å²) in [5.74, 6) is 0.979. The summed E-state index contributed by atoms with van der Waals surface area (Å²) in [6.07, 6.45) is 12.4. The zero-order valence-corrected chi connectivity index (χ0v) is 20.1. The first-order valence-corrected chi connectivity index (χ1v) is 12.2. The molecule has 0 radical (unpaired) electrons. The van der Waals surface area contributed by atoms with Crippen molar-refractivity contribution in [1.82, 2.24) is 25.2 Å². The molecule has 3 atom stereocenters. The highest BCUT2D eigenvalue weighted by atomic mass is 35.5. The maximum absolute atomic E-state index is 13.0. The van der Waals surface area contributed by atoms with Crippen molar-refractivity contribution in [2.24, 2.45) is 5.92 Å². The largest absolute Gasteiger partial charge is 0.494 e. The highest BCUT2D eigenvalue weighted by Crippen LogP contribution is 2.44. The summed E-state index contributed by atoms with van der Waals surface area (Å²) in [5.41, 5.74) is 3.34. The van der Waals surface area contributed by atoms with Gasteiger partial charge < -0.3 is 14.8 Å². The average Bonchev–Trinajstić information content (AvgIpc) is 3.52. The monoisotopic (exact) mass is 493 g/mol. The number of fused-ring (bicyclic) bond motifs is 2. The smallest absolute Gasteiger partial charge is 0.410 e. The number of halogens is 1. The molecular weight excluding hydrogens is 466 g/mol. The third-order valence-corrected chi connectivity index (χ3v) is 6.75. The molecule has 3 unspecified atom stereocenters. The Labute approximate surface area is 209 Å². The number of amides is 1. The summed E-state index contributed by atoms with van der Waals surface area (Å²) < 4.78 is 13.1. The van der Waals surface area contributed by atoms with Gasteiger partial charge in [0.25, 0.3) is 0 Å². The fourth-order valence-electron chi connectivity index (χ4n) is 4.91. The lowest BCUT2D eigenvalue weighted by molar-refractivity contribution is 0.0969. The van der Waals surface area contributed by atoms with Gasteiger partial charge in [-0.1, -0.05) is 53.8 Å². The number of hydrogen-bond acceptors (Lipinski definition) is 6. The molecule has 9 heteroatoms. The minimum atomic E-state index is -0.351. The van der Waals surface area contributed by atoms with Gasteiger partial charge in [-0.25, -0.2) is 4.79 Å². The number of aromatic nitrogens is 3. The van der Waals surface area contributed by atoms with Crippen molar-refractivity contribution in [3.63, 3.8) is 0 Å². The van der Waals surface area contributed by atoms with E-state index in [0.717, 1.165) is 41.4 Å². The summed E-state index contributed by atoms with van der Waals surface area (Å²) in [6.45, 7) is 5.72. The van der Waals surface area contributed by atoms with Crippen molar-refractivity contribution in [3.8, 4) is 5.75 Å². The number of carbonyl (C=O) groups excluding carboxylic acids is 1. The number of ether oxygens (including phenoxy) is 2. The van der Waals surface area contributed by atoms with Crippen LogP contribution >= 0.6 is 11.6 Å². The fraction of sp³-hybridized carbons (Fsp3) is 0.346. The second kappa shape index (κ2) is 10.4. The van der Waals surface area contributed by atoms with E-state index < -0.39 is 0 Å². The van der Waals surface area contributed by atoms with E-state index in [1.165, 1.54) is 5.57 Å². The van der Waals surface area contributed by atoms with Crippen molar-refractivity contribution >= 4 is 17.7 Å². The molecule has 3 heterocycles. The van der Waals surface area contributed by atoms with E-state index in [1.807, 2.05) is 36.5 Å². The minimum Gasteiger partial charge on any atom is -0.494 e. The molecule has 35 heavy (non-hydrogen) atoms. The third kappa shape index (κ3) is 4.98. The lowest BCUT2D eigenvalue weighted by atomic mass is 9.85. The highest BCUT2D eigenvalue weighted by molar-refractivity contribution is 6.31. The number of hydrogen-bond donors (Lipinski definition) is 1. The van der Waals surface area contributed by atoms with E-state index in [1.54, 1.807) is 21.9 Å². The summed E-state index contributed by atoms with van der Waals surface area (Å²) in [5, 5.41) is 12.2. The second-order valence-corrected chi connectivity index (χ2v) is 9.13. The van der Waals surface area contributed by atoms with Gasteiger partial charge >= 0.3 is 6.09 Å². The Kier molecular flexibility index (Phi) is 6.90. The minimum absolute atomic E-state index is 0.140. The standard InChI is InChI=1S/C26H28ClN5O3/c1-2-15-35-26(33)32-13-10-21-22-17-19(27)6-9-23(22)29-24(21)25(32)18-4-7-20(8-5-18)34-16-3-12-31-14-11-28-30-31/h2,4-9,11,14,17,22-23,25,29H,1,3,10,12-13,15-16H2. The van der Waals surface area contributed by atoms with Crippen LogP contribution in [0.4, 0.5) is 4.79 Å². The third-order valence-electron chi connectivity index (χ3n) is 6.49. The summed E-state index contributed by atoms with van der Waals surface area (Å²) >= 11 is 6.31. The molecule has 0 fully saturated rings. The van der Waals surface area contributed by atoms with Gasteiger partial charge in [-0.2, -0.15) is 0 Å². The Hall–Kier alpha value is -3.52. The molecule has 182 valence electrons. The molecule has 1 amide bonds. The molecular formula is C26H28ClN5O3. The van der Waals surface area contributed by atoms with Gasteiger partial charge in [0.1, 0.15) is 18.4 Å². The summed E-state index contributed by atoms with van der Waals surface area (Å²) in [4.78, 5) is 14.7. The van der Waals surface area contributed by atoms with E-state index in [9.17, 15) is 4.79 Å². The van der Waals surface area contributed by atoms with Crippen LogP contribution in [0.3, 0.4) is 0 Å². The quantitative estimate of drug-likeness (QED) is 0.435. The summed E-state index contributed by atoms with van der Waals surface area (Å²) in [7, 11) is 0. The molecule has 0 spiro atoms. The fourth-order valence-corrected chi connectivity index (χ4v) is 5.11. The molecule has 5 rings (SSSR count). The van der Waals surface area contributed by atoms with Crippen LogP contribution in [0.2, 0.25) is 0 Å². The van der Waals surface area contributed by atoms with E-state index >= 15 is 0 Å². The van der Waals surface area contributed by atoms with Crippen LogP contribution in [-0.2, 0) is 11.3 Å². The molecule has 2 aliphatic heterocycles. The first-order valence-electron chi connectivity index (χ1n) is 11.8.